The minimum atomic E-state index is -1.14. The molecule has 0 radical (unpaired) electrons. The van der Waals surface area contributed by atoms with Crippen LogP contribution in [0.5, 0.6) is 0 Å². The van der Waals surface area contributed by atoms with Gasteiger partial charge in [-0.3, -0.25) is 0 Å². The smallest absolute Gasteiger partial charge is 0.356 e. The number of carboxylic acid groups (broad SMARTS) is 1. The first-order chi connectivity index (χ1) is 9.02. The summed E-state index contributed by atoms with van der Waals surface area (Å²) in [6, 6.07) is 7.74. The molecule has 1 aromatic heterocycles. The number of nitrogens with zero attached hydrogens (tertiary/aromatic N) is 2. The molecule has 0 aliphatic heterocycles. The third kappa shape index (κ3) is 2.66. The molecule has 0 fully saturated rings. The lowest BCUT2D eigenvalue weighted by atomic mass is 10.0. The predicted molar refractivity (Wildman–Crippen MR) is 70.5 cm³/mol. The molecular weight excluding hydrogens is 244 g/mol. The molecule has 19 heavy (non-hydrogen) atoms. The second-order valence-corrected chi connectivity index (χ2v) is 4.66. The van der Waals surface area contributed by atoms with Crippen molar-refractivity contribution in [2.45, 2.75) is 26.4 Å². The van der Waals surface area contributed by atoms with Gasteiger partial charge in [-0.1, -0.05) is 26.0 Å². The zero-order chi connectivity index (χ0) is 14.0. The lowest BCUT2D eigenvalue weighted by Gasteiger charge is -2.06. The van der Waals surface area contributed by atoms with Gasteiger partial charge in [-0.25, -0.2) is 9.48 Å². The fourth-order valence-electron chi connectivity index (χ4n) is 1.85. The van der Waals surface area contributed by atoms with E-state index in [1.54, 1.807) is 0 Å². The Labute approximate surface area is 111 Å². The molecule has 0 bridgehead atoms. The zero-order valence-corrected chi connectivity index (χ0v) is 10.9. The van der Waals surface area contributed by atoms with Crippen molar-refractivity contribution in [2.24, 2.45) is 0 Å². The van der Waals surface area contributed by atoms with E-state index in [0.29, 0.717) is 11.5 Å². The predicted octanol–water partition coefficient (Wildman–Crippen LogP) is 2.19. The van der Waals surface area contributed by atoms with Gasteiger partial charge in [-0.2, -0.15) is 5.10 Å². The van der Waals surface area contributed by atoms with E-state index in [-0.39, 0.29) is 12.3 Å². The summed E-state index contributed by atoms with van der Waals surface area (Å²) >= 11 is 0. The molecule has 100 valence electrons. The number of rotatable bonds is 4. The molecule has 2 N–H and O–H groups in total. The van der Waals surface area contributed by atoms with E-state index in [0.717, 1.165) is 5.69 Å². The third-order valence-electron chi connectivity index (χ3n) is 2.99. The van der Waals surface area contributed by atoms with Crippen LogP contribution >= 0.6 is 0 Å². The van der Waals surface area contributed by atoms with Gasteiger partial charge in [0.15, 0.2) is 5.69 Å². The van der Waals surface area contributed by atoms with Gasteiger partial charge < -0.3 is 10.2 Å². The average molecular weight is 260 g/mol. The molecule has 2 aromatic rings. The van der Waals surface area contributed by atoms with Crippen LogP contribution in [-0.2, 0) is 6.61 Å². The van der Waals surface area contributed by atoms with Crippen molar-refractivity contribution < 1.29 is 15.0 Å². The van der Waals surface area contributed by atoms with Crippen LogP contribution in [-0.4, -0.2) is 26.0 Å². The summed E-state index contributed by atoms with van der Waals surface area (Å²) in [4.78, 5) is 11.0. The number of hydrogen-bond acceptors (Lipinski definition) is 3. The van der Waals surface area contributed by atoms with Crippen LogP contribution in [0.15, 0.2) is 30.5 Å². The lowest BCUT2D eigenvalue weighted by molar-refractivity contribution is 0.0686. The SMILES string of the molecule is CC(C)c1ccc(-n2cc(CO)c(C(=O)O)n2)cc1. The van der Waals surface area contributed by atoms with Gasteiger partial charge in [-0.05, 0) is 23.6 Å². The molecular formula is C14H16N2O3. The van der Waals surface area contributed by atoms with Crippen LogP contribution in [0.3, 0.4) is 0 Å². The summed E-state index contributed by atoms with van der Waals surface area (Å²) in [7, 11) is 0. The maximum Gasteiger partial charge on any atom is 0.356 e. The Morgan fingerprint density at radius 2 is 1.95 bits per heavy atom. The first-order valence-electron chi connectivity index (χ1n) is 6.06. The highest BCUT2D eigenvalue weighted by Gasteiger charge is 2.15. The fraction of sp³-hybridized carbons (Fsp3) is 0.286. The second kappa shape index (κ2) is 5.24. The third-order valence-corrected chi connectivity index (χ3v) is 2.99. The standard InChI is InChI=1S/C14H16N2O3/c1-9(2)10-3-5-12(6-4-10)16-7-11(8-17)13(15-16)14(18)19/h3-7,9,17H,8H2,1-2H3,(H,18,19). The number of carbonyl (C=O) groups is 1. The highest BCUT2D eigenvalue weighted by Crippen LogP contribution is 2.18. The Morgan fingerprint density at radius 1 is 1.32 bits per heavy atom. The molecule has 1 heterocycles. The van der Waals surface area contributed by atoms with Gasteiger partial charge in [0.05, 0.1) is 12.3 Å². The van der Waals surface area contributed by atoms with Crippen molar-refractivity contribution in [2.75, 3.05) is 0 Å². The van der Waals surface area contributed by atoms with Crippen molar-refractivity contribution in [3.63, 3.8) is 0 Å². The molecule has 0 amide bonds. The zero-order valence-electron chi connectivity index (χ0n) is 10.9. The number of hydrogen-bond donors (Lipinski definition) is 2. The molecule has 0 atom stereocenters. The van der Waals surface area contributed by atoms with E-state index >= 15 is 0 Å². The van der Waals surface area contributed by atoms with Crippen molar-refractivity contribution in [3.05, 3.63) is 47.3 Å². The van der Waals surface area contributed by atoms with Crippen LogP contribution in [0.2, 0.25) is 0 Å². The highest BCUT2D eigenvalue weighted by molar-refractivity contribution is 5.87. The molecule has 0 spiro atoms. The van der Waals surface area contributed by atoms with Gasteiger partial charge in [0, 0.05) is 11.8 Å². The highest BCUT2D eigenvalue weighted by atomic mass is 16.4. The summed E-state index contributed by atoms with van der Waals surface area (Å²) in [6.07, 6.45) is 1.54. The maximum atomic E-state index is 11.0. The molecule has 5 nitrogen and oxygen atoms in total. The van der Waals surface area contributed by atoms with Crippen molar-refractivity contribution in [1.82, 2.24) is 9.78 Å². The van der Waals surface area contributed by atoms with Crippen molar-refractivity contribution in [3.8, 4) is 5.69 Å². The molecule has 0 unspecified atom stereocenters. The first kappa shape index (κ1) is 13.3. The molecule has 0 saturated carbocycles. The molecule has 0 aliphatic carbocycles. The van der Waals surface area contributed by atoms with Gasteiger partial charge >= 0.3 is 5.97 Å². The average Bonchev–Trinajstić information content (AvgIpc) is 2.83. The van der Waals surface area contributed by atoms with Gasteiger partial charge in [0.1, 0.15) is 0 Å². The van der Waals surface area contributed by atoms with Crippen molar-refractivity contribution >= 4 is 5.97 Å². The largest absolute Gasteiger partial charge is 0.476 e. The number of benzene rings is 1. The Hall–Kier alpha value is -2.14. The monoisotopic (exact) mass is 260 g/mol. The van der Waals surface area contributed by atoms with Crippen LogP contribution in [0.4, 0.5) is 0 Å². The van der Waals surface area contributed by atoms with Gasteiger partial charge in [0.2, 0.25) is 0 Å². The second-order valence-electron chi connectivity index (χ2n) is 4.66. The van der Waals surface area contributed by atoms with E-state index in [9.17, 15) is 4.79 Å². The van der Waals surface area contributed by atoms with Crippen LogP contribution in [0.25, 0.3) is 5.69 Å². The topological polar surface area (TPSA) is 75.4 Å². The van der Waals surface area contributed by atoms with E-state index in [1.807, 2.05) is 24.3 Å². The molecule has 5 heteroatoms. The summed E-state index contributed by atoms with van der Waals surface area (Å²) in [6.45, 7) is 3.87. The Morgan fingerprint density at radius 3 is 2.37 bits per heavy atom. The van der Waals surface area contributed by atoms with E-state index in [1.165, 1.54) is 16.4 Å². The van der Waals surface area contributed by atoms with E-state index < -0.39 is 5.97 Å². The fourth-order valence-corrected chi connectivity index (χ4v) is 1.85. The van der Waals surface area contributed by atoms with Crippen molar-refractivity contribution in [1.29, 1.82) is 0 Å². The first-order valence-corrected chi connectivity index (χ1v) is 6.06. The van der Waals surface area contributed by atoms with E-state index in [2.05, 4.69) is 18.9 Å². The summed E-state index contributed by atoms with van der Waals surface area (Å²) in [5.74, 6) is -0.698. The number of aromatic carboxylic acids is 1. The lowest BCUT2D eigenvalue weighted by Crippen LogP contribution is -2.03. The maximum absolute atomic E-state index is 11.0. The minimum absolute atomic E-state index is 0.115. The summed E-state index contributed by atoms with van der Waals surface area (Å²) in [5.41, 5.74) is 2.17. The van der Waals surface area contributed by atoms with E-state index in [4.69, 9.17) is 10.2 Å². The molecule has 2 rings (SSSR count). The van der Waals surface area contributed by atoms with Crippen LogP contribution in [0, 0.1) is 0 Å². The Kier molecular flexibility index (Phi) is 3.66. The normalized spacial score (nSPS) is 10.9. The Balaban J connectivity index is 2.39. The van der Waals surface area contributed by atoms with Gasteiger partial charge in [0.25, 0.3) is 0 Å². The number of aliphatic hydroxyl groups is 1. The quantitative estimate of drug-likeness (QED) is 0.883. The molecule has 1 aromatic carbocycles. The van der Waals surface area contributed by atoms with Crippen LogP contribution < -0.4 is 0 Å². The molecule has 0 aliphatic rings. The van der Waals surface area contributed by atoms with Crippen LogP contribution in [0.1, 0.15) is 41.4 Å². The number of aliphatic hydroxyl groups excluding tert-OH is 1. The Bertz CT molecular complexity index is 585. The summed E-state index contributed by atoms with van der Waals surface area (Å²) < 4.78 is 1.47. The molecule has 0 saturated heterocycles. The minimum Gasteiger partial charge on any atom is -0.476 e. The summed E-state index contributed by atoms with van der Waals surface area (Å²) in [5, 5.41) is 22.1. The van der Waals surface area contributed by atoms with Gasteiger partial charge in [-0.15, -0.1) is 0 Å². The number of carboxylic acids is 1. The number of aromatic nitrogens is 2.